The molecule has 2 unspecified atom stereocenters. The van der Waals surface area contributed by atoms with Crippen molar-refractivity contribution >= 4 is 11.6 Å². The average Bonchev–Trinajstić information content (AvgIpc) is 3.10. The summed E-state index contributed by atoms with van der Waals surface area (Å²) >= 11 is 0. The first-order valence-electron chi connectivity index (χ1n) is 6.43. The largest absolute Gasteiger partial charge is 0.324 e. The second-order valence-corrected chi connectivity index (χ2v) is 4.74. The molecule has 2 atom stereocenters. The van der Waals surface area contributed by atoms with Crippen molar-refractivity contribution in [1.82, 2.24) is 14.8 Å². The first-order valence-corrected chi connectivity index (χ1v) is 6.43. The predicted octanol–water partition coefficient (Wildman–Crippen LogP) is 1.11. The number of pyridine rings is 1. The van der Waals surface area contributed by atoms with Gasteiger partial charge in [-0.15, -0.1) is 0 Å². The zero-order valence-corrected chi connectivity index (χ0v) is 10.8. The van der Waals surface area contributed by atoms with Crippen LogP contribution < -0.4 is 11.1 Å². The van der Waals surface area contributed by atoms with Crippen LogP contribution in [0.4, 0.5) is 5.69 Å². The third-order valence-corrected chi connectivity index (χ3v) is 3.21. The molecule has 0 aliphatic heterocycles. The summed E-state index contributed by atoms with van der Waals surface area (Å²) < 4.78 is 1.66. The lowest BCUT2D eigenvalue weighted by molar-refractivity contribution is -0.118. The fourth-order valence-corrected chi connectivity index (χ4v) is 2.16. The van der Waals surface area contributed by atoms with Crippen LogP contribution in [-0.4, -0.2) is 26.7 Å². The molecule has 3 rings (SSSR count). The fourth-order valence-electron chi connectivity index (χ4n) is 2.16. The summed E-state index contributed by atoms with van der Waals surface area (Å²) in [6.07, 6.45) is 9.49. The molecule has 1 amide bonds. The molecule has 0 aromatic carbocycles. The molecular weight excluding hydrogens is 254 g/mol. The van der Waals surface area contributed by atoms with Crippen LogP contribution in [0.15, 0.2) is 48.9 Å². The van der Waals surface area contributed by atoms with Gasteiger partial charge in [0.2, 0.25) is 5.91 Å². The van der Waals surface area contributed by atoms with Crippen LogP contribution >= 0.6 is 0 Å². The van der Waals surface area contributed by atoms with Crippen molar-refractivity contribution in [2.75, 3.05) is 5.32 Å². The predicted molar refractivity (Wildman–Crippen MR) is 75.2 cm³/mol. The van der Waals surface area contributed by atoms with E-state index in [4.69, 9.17) is 5.73 Å². The summed E-state index contributed by atoms with van der Waals surface area (Å²) in [6.45, 7) is 0. The van der Waals surface area contributed by atoms with E-state index < -0.39 is 0 Å². The van der Waals surface area contributed by atoms with Gasteiger partial charge < -0.3 is 11.1 Å². The fraction of sp³-hybridized carbons (Fsp3) is 0.214. The zero-order chi connectivity index (χ0) is 13.9. The maximum Gasteiger partial charge on any atom is 0.231 e. The van der Waals surface area contributed by atoms with Gasteiger partial charge in [0.05, 0.1) is 17.8 Å². The second-order valence-electron chi connectivity index (χ2n) is 4.74. The van der Waals surface area contributed by atoms with E-state index >= 15 is 0 Å². The average molecular weight is 269 g/mol. The van der Waals surface area contributed by atoms with E-state index in [0.29, 0.717) is 17.9 Å². The molecule has 1 aliphatic carbocycles. The molecule has 1 aliphatic rings. The maximum absolute atomic E-state index is 12.0. The summed E-state index contributed by atoms with van der Waals surface area (Å²) in [5.41, 5.74) is 6.41. The molecule has 0 saturated heterocycles. The van der Waals surface area contributed by atoms with Crippen molar-refractivity contribution in [3.8, 4) is 5.82 Å². The van der Waals surface area contributed by atoms with E-state index in [1.165, 1.54) is 0 Å². The van der Waals surface area contributed by atoms with Gasteiger partial charge in [-0.25, -0.2) is 9.67 Å². The van der Waals surface area contributed by atoms with Gasteiger partial charge in [-0.05, 0) is 24.6 Å². The summed E-state index contributed by atoms with van der Waals surface area (Å²) in [6, 6.07) is 5.41. The SMILES string of the molecule is NC1C=CC(C(=O)Nc2ccc(-n3cccn3)nc2)C1. The van der Waals surface area contributed by atoms with Gasteiger partial charge in [0, 0.05) is 18.4 Å². The van der Waals surface area contributed by atoms with Crippen LogP contribution in [0.5, 0.6) is 0 Å². The van der Waals surface area contributed by atoms with Crippen LogP contribution in [0, 0.1) is 5.92 Å². The Morgan fingerprint density at radius 1 is 1.40 bits per heavy atom. The summed E-state index contributed by atoms with van der Waals surface area (Å²) in [7, 11) is 0. The summed E-state index contributed by atoms with van der Waals surface area (Å²) in [4.78, 5) is 16.3. The molecule has 3 N–H and O–H groups in total. The summed E-state index contributed by atoms with van der Waals surface area (Å²) in [5.74, 6) is 0.495. The van der Waals surface area contributed by atoms with Crippen LogP contribution in [-0.2, 0) is 4.79 Å². The number of nitrogens with one attached hydrogen (secondary N) is 1. The van der Waals surface area contributed by atoms with Gasteiger partial charge in [-0.2, -0.15) is 5.10 Å². The number of anilines is 1. The number of hydrogen-bond donors (Lipinski definition) is 2. The zero-order valence-electron chi connectivity index (χ0n) is 10.8. The number of aromatic nitrogens is 3. The highest BCUT2D eigenvalue weighted by molar-refractivity contribution is 5.93. The number of amides is 1. The van der Waals surface area contributed by atoms with Gasteiger partial charge in [0.1, 0.15) is 0 Å². The molecule has 2 aromatic rings. The molecule has 102 valence electrons. The van der Waals surface area contributed by atoms with Gasteiger partial charge in [0.15, 0.2) is 5.82 Å². The van der Waals surface area contributed by atoms with E-state index in [0.717, 1.165) is 0 Å². The Labute approximate surface area is 116 Å². The van der Waals surface area contributed by atoms with Crippen LogP contribution in [0.3, 0.4) is 0 Å². The van der Waals surface area contributed by atoms with Crippen molar-refractivity contribution in [3.63, 3.8) is 0 Å². The minimum absolute atomic E-state index is 0.0222. The monoisotopic (exact) mass is 269 g/mol. The van der Waals surface area contributed by atoms with Gasteiger partial charge in [0.25, 0.3) is 0 Å². The molecule has 0 radical (unpaired) electrons. The van der Waals surface area contributed by atoms with E-state index in [-0.39, 0.29) is 17.9 Å². The Balaban J connectivity index is 1.66. The normalized spacial score (nSPS) is 21.1. The van der Waals surface area contributed by atoms with Crippen LogP contribution in [0.1, 0.15) is 6.42 Å². The third kappa shape index (κ3) is 2.60. The highest BCUT2D eigenvalue weighted by atomic mass is 16.1. The Bertz CT molecular complexity index is 618. The molecule has 6 heteroatoms. The quantitative estimate of drug-likeness (QED) is 0.817. The molecule has 0 spiro atoms. The Kier molecular flexibility index (Phi) is 3.30. The molecular formula is C14H15N5O. The van der Waals surface area contributed by atoms with Crippen molar-refractivity contribution < 1.29 is 4.79 Å². The molecule has 6 nitrogen and oxygen atoms in total. The van der Waals surface area contributed by atoms with Crippen molar-refractivity contribution in [2.24, 2.45) is 11.7 Å². The Morgan fingerprint density at radius 3 is 2.90 bits per heavy atom. The van der Waals surface area contributed by atoms with E-state index in [1.54, 1.807) is 29.2 Å². The molecule has 20 heavy (non-hydrogen) atoms. The third-order valence-electron chi connectivity index (χ3n) is 3.21. The lowest BCUT2D eigenvalue weighted by Gasteiger charge is -2.10. The number of carbonyl (C=O) groups excluding carboxylic acids is 1. The molecule has 2 aromatic heterocycles. The number of rotatable bonds is 3. The smallest absolute Gasteiger partial charge is 0.231 e. The van der Waals surface area contributed by atoms with E-state index in [9.17, 15) is 4.79 Å². The minimum Gasteiger partial charge on any atom is -0.324 e. The van der Waals surface area contributed by atoms with E-state index in [1.807, 2.05) is 24.4 Å². The Hall–Kier alpha value is -2.47. The number of nitrogens with zero attached hydrogens (tertiary/aromatic N) is 3. The lowest BCUT2D eigenvalue weighted by Crippen LogP contribution is -2.24. The highest BCUT2D eigenvalue weighted by Crippen LogP contribution is 2.18. The minimum atomic E-state index is -0.157. The topological polar surface area (TPSA) is 85.8 Å². The first-order chi connectivity index (χ1) is 9.72. The molecule has 2 heterocycles. The summed E-state index contributed by atoms with van der Waals surface area (Å²) in [5, 5.41) is 6.93. The second kappa shape index (κ2) is 5.26. The van der Waals surface area contributed by atoms with Crippen molar-refractivity contribution in [3.05, 3.63) is 48.9 Å². The standard InChI is InChI=1S/C14H15N5O/c15-11-3-2-10(8-11)14(20)18-12-4-5-13(16-9-12)19-7-1-6-17-19/h1-7,9-11H,8,15H2,(H,18,20). The maximum atomic E-state index is 12.0. The first kappa shape index (κ1) is 12.6. The molecule has 0 fully saturated rings. The van der Waals surface area contributed by atoms with Crippen molar-refractivity contribution in [2.45, 2.75) is 12.5 Å². The molecule has 0 bridgehead atoms. The van der Waals surface area contributed by atoms with Crippen LogP contribution in [0.25, 0.3) is 5.82 Å². The van der Waals surface area contributed by atoms with Crippen LogP contribution in [0.2, 0.25) is 0 Å². The number of nitrogens with two attached hydrogens (primary N) is 1. The number of hydrogen-bond acceptors (Lipinski definition) is 4. The van der Waals surface area contributed by atoms with Gasteiger partial charge in [-0.3, -0.25) is 4.79 Å². The number of carbonyl (C=O) groups is 1. The van der Waals surface area contributed by atoms with Crippen molar-refractivity contribution in [1.29, 1.82) is 0 Å². The van der Waals surface area contributed by atoms with Gasteiger partial charge >= 0.3 is 0 Å². The molecule has 0 saturated carbocycles. The lowest BCUT2D eigenvalue weighted by atomic mass is 10.1. The Morgan fingerprint density at radius 2 is 2.30 bits per heavy atom. The van der Waals surface area contributed by atoms with E-state index in [2.05, 4.69) is 15.4 Å². The van der Waals surface area contributed by atoms with Gasteiger partial charge in [-0.1, -0.05) is 12.2 Å². The highest BCUT2D eigenvalue weighted by Gasteiger charge is 2.22.